The highest BCUT2D eigenvalue weighted by molar-refractivity contribution is 5.93. The number of aryl methyl sites for hydroxylation is 1. The second-order valence-electron chi connectivity index (χ2n) is 7.54. The maximum atomic E-state index is 13.2. The first-order valence-corrected chi connectivity index (χ1v) is 9.54. The van der Waals surface area contributed by atoms with Crippen molar-refractivity contribution >= 4 is 11.7 Å². The average Bonchev–Trinajstić information content (AvgIpc) is 3.50. The lowest BCUT2D eigenvalue weighted by Crippen LogP contribution is -2.49. The third-order valence-corrected chi connectivity index (χ3v) is 5.45. The largest absolute Gasteiger partial charge is 0.366 e. The van der Waals surface area contributed by atoms with Crippen LogP contribution in [0.2, 0.25) is 0 Å². The van der Waals surface area contributed by atoms with Gasteiger partial charge in [-0.2, -0.15) is 9.50 Å². The van der Waals surface area contributed by atoms with Crippen LogP contribution in [0.4, 0.5) is 0 Å². The first-order chi connectivity index (χ1) is 13.6. The van der Waals surface area contributed by atoms with Gasteiger partial charge >= 0.3 is 0 Å². The monoisotopic (exact) mass is 379 g/mol. The van der Waals surface area contributed by atoms with E-state index in [0.717, 1.165) is 18.4 Å². The minimum Gasteiger partial charge on any atom is -0.366 e. The molecule has 2 aromatic heterocycles. The lowest BCUT2D eigenvalue weighted by atomic mass is 10.0. The topological polar surface area (TPSA) is 92.6 Å². The predicted molar refractivity (Wildman–Crippen MR) is 101 cm³/mol. The number of hydrogen-bond donors (Lipinski definition) is 1. The number of aromatic amines is 1. The maximum absolute atomic E-state index is 13.2. The minimum atomic E-state index is -0.429. The number of carbonyl (C=O) groups is 1. The average molecular weight is 379 g/mol. The predicted octanol–water partition coefficient (Wildman–Crippen LogP) is 1.72. The molecule has 1 aromatic carbocycles. The molecular weight excluding hydrogens is 358 g/mol. The molecule has 8 heteroatoms. The summed E-state index contributed by atoms with van der Waals surface area (Å²) in [6.07, 6.45) is 3.38. The molecule has 0 spiro atoms. The molecule has 0 bridgehead atoms. The Kier molecular flexibility index (Phi) is 4.01. The van der Waals surface area contributed by atoms with Crippen LogP contribution in [0.25, 0.3) is 5.78 Å². The smallest absolute Gasteiger partial charge is 0.286 e. The molecule has 2 fully saturated rings. The third kappa shape index (κ3) is 2.99. The number of amides is 1. The van der Waals surface area contributed by atoms with Gasteiger partial charge in [-0.3, -0.25) is 14.7 Å². The molecule has 144 valence electrons. The van der Waals surface area contributed by atoms with E-state index in [9.17, 15) is 9.59 Å². The van der Waals surface area contributed by atoms with Crippen LogP contribution < -0.4 is 5.56 Å². The Balaban J connectivity index is 1.47. The van der Waals surface area contributed by atoms with Crippen LogP contribution in [0.15, 0.2) is 41.3 Å². The van der Waals surface area contributed by atoms with Crippen molar-refractivity contribution < 1.29 is 9.53 Å². The number of nitrogens with zero attached hydrogens (tertiary/aromatic N) is 4. The molecule has 0 unspecified atom stereocenters. The van der Waals surface area contributed by atoms with Gasteiger partial charge in [0.1, 0.15) is 17.5 Å². The van der Waals surface area contributed by atoms with E-state index in [1.165, 1.54) is 10.7 Å². The van der Waals surface area contributed by atoms with Gasteiger partial charge in [0.15, 0.2) is 0 Å². The Labute approximate surface area is 161 Å². The summed E-state index contributed by atoms with van der Waals surface area (Å²) >= 11 is 0. The summed E-state index contributed by atoms with van der Waals surface area (Å²) in [5.74, 6) is 1.00. The van der Waals surface area contributed by atoms with Crippen molar-refractivity contribution in [3.63, 3.8) is 0 Å². The fourth-order valence-corrected chi connectivity index (χ4v) is 3.81. The normalized spacial score (nSPS) is 22.5. The number of H-pyrrole nitrogens is 1. The Morgan fingerprint density at radius 3 is 2.75 bits per heavy atom. The van der Waals surface area contributed by atoms with E-state index in [1.807, 2.05) is 30.3 Å². The van der Waals surface area contributed by atoms with Gasteiger partial charge in [-0.15, -0.1) is 0 Å². The van der Waals surface area contributed by atoms with Gasteiger partial charge in [0.2, 0.25) is 0 Å². The van der Waals surface area contributed by atoms with Gasteiger partial charge in [-0.1, -0.05) is 30.3 Å². The van der Waals surface area contributed by atoms with Crippen molar-refractivity contribution in [1.82, 2.24) is 24.5 Å². The number of rotatable bonds is 3. The summed E-state index contributed by atoms with van der Waals surface area (Å²) in [7, 11) is 0. The molecule has 3 aromatic rings. The molecule has 28 heavy (non-hydrogen) atoms. The van der Waals surface area contributed by atoms with Gasteiger partial charge in [-0.25, -0.2) is 4.98 Å². The Morgan fingerprint density at radius 2 is 2.00 bits per heavy atom. The highest BCUT2D eigenvalue weighted by Gasteiger charge is 2.40. The van der Waals surface area contributed by atoms with E-state index in [2.05, 4.69) is 15.1 Å². The van der Waals surface area contributed by atoms with E-state index in [-0.39, 0.29) is 29.5 Å². The van der Waals surface area contributed by atoms with Crippen molar-refractivity contribution in [2.75, 3.05) is 13.1 Å². The fourth-order valence-electron chi connectivity index (χ4n) is 3.81. The van der Waals surface area contributed by atoms with E-state index >= 15 is 0 Å². The molecule has 1 amide bonds. The van der Waals surface area contributed by atoms with Crippen molar-refractivity contribution in [2.45, 2.75) is 32.0 Å². The molecule has 1 saturated heterocycles. The summed E-state index contributed by atoms with van der Waals surface area (Å²) in [5, 5.41) is 2.83. The zero-order valence-electron chi connectivity index (χ0n) is 15.5. The first-order valence-electron chi connectivity index (χ1n) is 9.54. The van der Waals surface area contributed by atoms with Crippen LogP contribution >= 0.6 is 0 Å². The Bertz CT molecular complexity index is 1090. The molecule has 0 radical (unpaired) electrons. The number of hydrogen-bond acceptors (Lipinski definition) is 5. The van der Waals surface area contributed by atoms with Crippen molar-refractivity contribution in [1.29, 1.82) is 0 Å². The zero-order valence-corrected chi connectivity index (χ0v) is 15.5. The lowest BCUT2D eigenvalue weighted by molar-refractivity contribution is -0.0864. The number of fused-ring (bicyclic) bond motifs is 1. The maximum Gasteiger partial charge on any atom is 0.286 e. The minimum absolute atomic E-state index is 0.00301. The fraction of sp³-hybridized carbons (Fsp3) is 0.400. The van der Waals surface area contributed by atoms with Gasteiger partial charge in [-0.05, 0) is 31.2 Å². The van der Waals surface area contributed by atoms with Crippen LogP contribution in [-0.4, -0.2) is 49.6 Å². The number of nitrogens with one attached hydrogen (secondary N) is 1. The molecule has 3 heterocycles. The van der Waals surface area contributed by atoms with Crippen LogP contribution in [0.5, 0.6) is 0 Å². The summed E-state index contributed by atoms with van der Waals surface area (Å²) < 4.78 is 7.53. The van der Waals surface area contributed by atoms with E-state index < -0.39 is 5.56 Å². The van der Waals surface area contributed by atoms with E-state index in [4.69, 9.17) is 4.74 Å². The summed E-state index contributed by atoms with van der Waals surface area (Å²) in [6.45, 7) is 2.65. The number of morpholine rings is 1. The van der Waals surface area contributed by atoms with Gasteiger partial charge in [0.25, 0.3) is 17.2 Å². The second kappa shape index (κ2) is 6.56. The summed E-state index contributed by atoms with van der Waals surface area (Å²) in [5.41, 5.74) is 0.658. The molecule has 5 rings (SSSR count). The van der Waals surface area contributed by atoms with Gasteiger partial charge in [0, 0.05) is 12.7 Å². The van der Waals surface area contributed by atoms with Gasteiger partial charge < -0.3 is 9.64 Å². The quantitative estimate of drug-likeness (QED) is 0.748. The third-order valence-electron chi connectivity index (χ3n) is 5.45. The molecule has 2 aliphatic rings. The molecule has 1 aliphatic carbocycles. The number of ether oxygens (including phenoxy) is 1. The standard InChI is InChI=1S/C20H21N5O3/c1-12-22-20-21-9-15(19(27)25(20)23-12)18(26)24-10-16(13-5-3-2-4-6-13)28-17(11-24)14-7-8-14/h2-6,9,14,16-17H,7-8,10-11H2,1H3,(H,21,22,23)/t16-,17+/m0/s1. The van der Waals surface area contributed by atoms with Gasteiger partial charge in [0.05, 0.1) is 12.6 Å². The lowest BCUT2D eigenvalue weighted by Gasteiger charge is -2.38. The SMILES string of the molecule is Cc1nc2ncc(C(=O)N3C[C@@H](c4ccccc4)O[C@@H](C4CC4)C3)c(=O)n2[nH]1. The number of carbonyl (C=O) groups excluding carboxylic acids is 1. The molecule has 2 atom stereocenters. The van der Waals surface area contributed by atoms with Crippen molar-refractivity contribution in [3.05, 3.63) is 63.8 Å². The summed E-state index contributed by atoms with van der Waals surface area (Å²) in [4.78, 5) is 36.0. The van der Waals surface area contributed by atoms with Crippen molar-refractivity contribution in [2.24, 2.45) is 5.92 Å². The zero-order chi connectivity index (χ0) is 19.3. The van der Waals surface area contributed by atoms with Crippen LogP contribution in [0.3, 0.4) is 0 Å². The Morgan fingerprint density at radius 1 is 1.21 bits per heavy atom. The Hall–Kier alpha value is -3.00. The highest BCUT2D eigenvalue weighted by Crippen LogP contribution is 2.39. The van der Waals surface area contributed by atoms with E-state index in [1.54, 1.807) is 11.8 Å². The number of aromatic nitrogens is 4. The summed E-state index contributed by atoms with van der Waals surface area (Å²) in [6, 6.07) is 9.92. The van der Waals surface area contributed by atoms with Crippen molar-refractivity contribution in [3.8, 4) is 0 Å². The first kappa shape index (κ1) is 17.1. The van der Waals surface area contributed by atoms with Crippen LogP contribution in [0, 0.1) is 12.8 Å². The number of benzene rings is 1. The highest BCUT2D eigenvalue weighted by atomic mass is 16.5. The molecule has 1 aliphatic heterocycles. The van der Waals surface area contributed by atoms with Crippen LogP contribution in [-0.2, 0) is 4.74 Å². The van der Waals surface area contributed by atoms with E-state index in [0.29, 0.717) is 24.8 Å². The second-order valence-corrected chi connectivity index (χ2v) is 7.54. The molecule has 1 N–H and O–H groups in total. The molecule has 1 saturated carbocycles. The van der Waals surface area contributed by atoms with Crippen LogP contribution in [0.1, 0.15) is 40.7 Å². The molecular formula is C20H21N5O3. The molecule has 8 nitrogen and oxygen atoms in total.